The fraction of sp³-hybridized carbons (Fsp3) is 0.261. The molecule has 154 valence electrons. The minimum Gasteiger partial charge on any atom is -0.441 e. The Morgan fingerprint density at radius 3 is 2.63 bits per heavy atom. The summed E-state index contributed by atoms with van der Waals surface area (Å²) in [5, 5.41) is 2.91. The number of aryl methyl sites for hydroxylation is 1. The molecule has 1 N–H and O–H groups in total. The molecule has 4 rings (SSSR count). The predicted octanol–water partition coefficient (Wildman–Crippen LogP) is 5.16. The van der Waals surface area contributed by atoms with Gasteiger partial charge in [0.05, 0.1) is 22.8 Å². The van der Waals surface area contributed by atoms with Crippen LogP contribution in [0.4, 0.5) is 10.3 Å². The van der Waals surface area contributed by atoms with Crippen molar-refractivity contribution in [1.29, 1.82) is 0 Å². The highest BCUT2D eigenvalue weighted by molar-refractivity contribution is 5.91. The maximum Gasteiger partial charge on any atom is 0.227 e. The minimum atomic E-state index is -0.376. The lowest BCUT2D eigenvalue weighted by Gasteiger charge is -2.24. The number of para-hydroxylation sites is 2. The van der Waals surface area contributed by atoms with Gasteiger partial charge < -0.3 is 8.98 Å². The van der Waals surface area contributed by atoms with E-state index in [-0.39, 0.29) is 23.7 Å². The van der Waals surface area contributed by atoms with E-state index in [9.17, 15) is 9.18 Å². The number of aromatic nitrogens is 3. The molecule has 30 heavy (non-hydrogen) atoms. The Hall–Kier alpha value is -3.48. The molecule has 1 amide bonds. The molecule has 0 radical (unpaired) electrons. The molecule has 0 saturated heterocycles. The Balaban J connectivity index is 1.47. The summed E-state index contributed by atoms with van der Waals surface area (Å²) < 4.78 is 21.5. The molecule has 2 heterocycles. The van der Waals surface area contributed by atoms with Crippen molar-refractivity contribution in [2.75, 3.05) is 5.32 Å². The first kappa shape index (κ1) is 19.8. The number of hydrogen-bond donors (Lipinski definition) is 1. The molecule has 0 spiro atoms. The first-order chi connectivity index (χ1) is 14.3. The zero-order chi connectivity index (χ0) is 21.3. The van der Waals surface area contributed by atoms with Crippen molar-refractivity contribution in [3.63, 3.8) is 0 Å². The fourth-order valence-corrected chi connectivity index (χ4v) is 3.41. The first-order valence-corrected chi connectivity index (χ1v) is 9.80. The third kappa shape index (κ3) is 3.96. The van der Waals surface area contributed by atoms with Gasteiger partial charge in [0.25, 0.3) is 0 Å². The van der Waals surface area contributed by atoms with Crippen LogP contribution in [0, 0.1) is 5.82 Å². The van der Waals surface area contributed by atoms with E-state index in [1.54, 1.807) is 18.2 Å². The van der Waals surface area contributed by atoms with Crippen LogP contribution >= 0.6 is 0 Å². The zero-order valence-electron chi connectivity index (χ0n) is 17.1. The SMILES string of the molecule is CC(C)(C)n1c(NC(=O)CCc2ncc(-c3ccccc3F)o2)nc2ccccc21. The number of oxazole rings is 1. The average Bonchev–Trinajstić information content (AvgIpc) is 3.30. The second-order valence-electron chi connectivity index (χ2n) is 8.08. The van der Waals surface area contributed by atoms with Crippen molar-refractivity contribution in [1.82, 2.24) is 14.5 Å². The van der Waals surface area contributed by atoms with Crippen molar-refractivity contribution in [2.45, 2.75) is 39.2 Å². The largest absolute Gasteiger partial charge is 0.441 e. The second-order valence-corrected chi connectivity index (χ2v) is 8.08. The van der Waals surface area contributed by atoms with E-state index in [1.807, 2.05) is 28.8 Å². The molecule has 2 aromatic carbocycles. The van der Waals surface area contributed by atoms with Gasteiger partial charge in [-0.25, -0.2) is 14.4 Å². The Morgan fingerprint density at radius 1 is 1.13 bits per heavy atom. The van der Waals surface area contributed by atoms with Gasteiger partial charge in [0, 0.05) is 18.4 Å². The number of rotatable bonds is 5. The molecule has 6 nitrogen and oxygen atoms in total. The van der Waals surface area contributed by atoms with Crippen LogP contribution in [0.15, 0.2) is 59.1 Å². The van der Waals surface area contributed by atoms with Crippen LogP contribution in [0.3, 0.4) is 0 Å². The van der Waals surface area contributed by atoms with Crippen molar-refractivity contribution >= 4 is 22.9 Å². The second kappa shape index (κ2) is 7.74. The Kier molecular flexibility index (Phi) is 5.11. The monoisotopic (exact) mass is 406 g/mol. The van der Waals surface area contributed by atoms with Gasteiger partial charge in [-0.2, -0.15) is 0 Å². The number of benzene rings is 2. The van der Waals surface area contributed by atoms with E-state index in [0.29, 0.717) is 29.6 Å². The number of carbonyl (C=O) groups excluding carboxylic acids is 1. The van der Waals surface area contributed by atoms with Crippen LogP contribution < -0.4 is 5.32 Å². The highest BCUT2D eigenvalue weighted by atomic mass is 19.1. The molecular formula is C23H23FN4O2. The quantitative estimate of drug-likeness (QED) is 0.497. The molecule has 2 aromatic heterocycles. The Bertz CT molecular complexity index is 1200. The lowest BCUT2D eigenvalue weighted by Crippen LogP contribution is -2.26. The number of hydrogen-bond acceptors (Lipinski definition) is 4. The van der Waals surface area contributed by atoms with Gasteiger partial charge in [0.15, 0.2) is 11.7 Å². The van der Waals surface area contributed by atoms with E-state index >= 15 is 0 Å². The van der Waals surface area contributed by atoms with Gasteiger partial charge in [0.2, 0.25) is 11.9 Å². The highest BCUT2D eigenvalue weighted by Gasteiger charge is 2.22. The molecule has 7 heteroatoms. The molecule has 0 aliphatic heterocycles. The number of imidazole rings is 1. The fourth-order valence-electron chi connectivity index (χ4n) is 3.41. The first-order valence-electron chi connectivity index (χ1n) is 9.80. The van der Waals surface area contributed by atoms with E-state index in [2.05, 4.69) is 36.1 Å². The lowest BCUT2D eigenvalue weighted by molar-refractivity contribution is -0.116. The van der Waals surface area contributed by atoms with Gasteiger partial charge in [0.1, 0.15) is 5.82 Å². The number of nitrogens with one attached hydrogen (secondary N) is 1. The van der Waals surface area contributed by atoms with E-state index < -0.39 is 0 Å². The molecule has 0 aliphatic carbocycles. The molecule has 4 aromatic rings. The van der Waals surface area contributed by atoms with Crippen LogP contribution in [0.2, 0.25) is 0 Å². The average molecular weight is 406 g/mol. The van der Waals surface area contributed by atoms with Gasteiger partial charge in [-0.1, -0.05) is 24.3 Å². The highest BCUT2D eigenvalue weighted by Crippen LogP contribution is 2.28. The van der Waals surface area contributed by atoms with Crippen LogP contribution in [0.25, 0.3) is 22.4 Å². The number of fused-ring (bicyclic) bond motifs is 1. The number of nitrogens with zero attached hydrogens (tertiary/aromatic N) is 3. The van der Waals surface area contributed by atoms with E-state index in [1.165, 1.54) is 12.3 Å². The van der Waals surface area contributed by atoms with Gasteiger partial charge >= 0.3 is 0 Å². The molecule has 0 bridgehead atoms. The molecule has 0 atom stereocenters. The lowest BCUT2D eigenvalue weighted by atomic mass is 10.1. The summed E-state index contributed by atoms with van der Waals surface area (Å²) in [5.74, 6) is 0.666. The smallest absolute Gasteiger partial charge is 0.227 e. The van der Waals surface area contributed by atoms with Crippen LogP contribution in [0.1, 0.15) is 33.1 Å². The Morgan fingerprint density at radius 2 is 1.87 bits per heavy atom. The maximum atomic E-state index is 13.9. The van der Waals surface area contributed by atoms with Crippen molar-refractivity contribution in [3.8, 4) is 11.3 Å². The van der Waals surface area contributed by atoms with E-state index in [4.69, 9.17) is 4.42 Å². The summed E-state index contributed by atoms with van der Waals surface area (Å²) in [6, 6.07) is 14.1. The number of halogens is 1. The van der Waals surface area contributed by atoms with Crippen molar-refractivity contribution in [3.05, 3.63) is 66.4 Å². The van der Waals surface area contributed by atoms with Crippen LogP contribution in [-0.4, -0.2) is 20.4 Å². The van der Waals surface area contributed by atoms with Crippen LogP contribution in [-0.2, 0) is 16.8 Å². The predicted molar refractivity (Wildman–Crippen MR) is 114 cm³/mol. The normalized spacial score (nSPS) is 11.7. The molecular weight excluding hydrogens is 383 g/mol. The summed E-state index contributed by atoms with van der Waals surface area (Å²) in [6.07, 6.45) is 1.95. The number of carbonyl (C=O) groups is 1. The van der Waals surface area contributed by atoms with Gasteiger partial charge in [-0.05, 0) is 45.0 Å². The summed E-state index contributed by atoms with van der Waals surface area (Å²) >= 11 is 0. The Labute approximate surface area is 173 Å². The molecule has 0 fully saturated rings. The van der Waals surface area contributed by atoms with Crippen LogP contribution in [0.5, 0.6) is 0 Å². The molecule has 0 unspecified atom stereocenters. The summed E-state index contributed by atoms with van der Waals surface area (Å²) in [6.45, 7) is 6.19. The minimum absolute atomic E-state index is 0.171. The summed E-state index contributed by atoms with van der Waals surface area (Å²) in [5.41, 5.74) is 1.88. The third-order valence-electron chi connectivity index (χ3n) is 4.74. The molecule has 0 saturated carbocycles. The topological polar surface area (TPSA) is 73.0 Å². The summed E-state index contributed by atoms with van der Waals surface area (Å²) in [4.78, 5) is 21.3. The third-order valence-corrected chi connectivity index (χ3v) is 4.74. The molecule has 0 aliphatic rings. The zero-order valence-corrected chi connectivity index (χ0v) is 17.1. The van der Waals surface area contributed by atoms with Crippen molar-refractivity contribution in [2.24, 2.45) is 0 Å². The van der Waals surface area contributed by atoms with Crippen molar-refractivity contribution < 1.29 is 13.6 Å². The number of anilines is 1. The standard InChI is InChI=1S/C23H23FN4O2/c1-23(2,3)28-18-11-7-6-10-17(18)26-22(28)27-20(29)12-13-21-25-14-19(30-21)15-8-4-5-9-16(15)24/h4-11,14H,12-13H2,1-3H3,(H,26,27,29). The van der Waals surface area contributed by atoms with Gasteiger partial charge in [-0.15, -0.1) is 0 Å². The number of amides is 1. The maximum absolute atomic E-state index is 13.9. The summed E-state index contributed by atoms with van der Waals surface area (Å²) in [7, 11) is 0. The van der Waals surface area contributed by atoms with Gasteiger partial charge in [-0.3, -0.25) is 10.1 Å². The van der Waals surface area contributed by atoms with E-state index in [0.717, 1.165) is 11.0 Å².